The van der Waals surface area contributed by atoms with E-state index in [1.165, 1.54) is 39.1 Å². The molecule has 0 radical (unpaired) electrons. The quantitative estimate of drug-likeness (QED) is 0.0618. The van der Waals surface area contributed by atoms with Crippen molar-refractivity contribution < 1.29 is 88.3 Å². The molecule has 0 bridgehead atoms. The van der Waals surface area contributed by atoms with Crippen molar-refractivity contribution in [2.45, 2.75) is 176 Å². The molecule has 2 aromatic rings. The summed E-state index contributed by atoms with van der Waals surface area (Å²) < 4.78 is 139. The molecule has 0 unspecified atom stereocenters. The van der Waals surface area contributed by atoms with Crippen LogP contribution < -0.4 is 22.8 Å². The number of carbonyl (C=O) groups excluding carboxylic acids is 5. The van der Waals surface area contributed by atoms with Crippen LogP contribution in [0.2, 0.25) is 0 Å². The lowest BCUT2D eigenvalue weighted by molar-refractivity contribution is -0.174. The first-order chi connectivity index (χ1) is 39.1. The van der Waals surface area contributed by atoms with Crippen molar-refractivity contribution in [3.63, 3.8) is 0 Å². The lowest BCUT2D eigenvalue weighted by Crippen LogP contribution is -2.48. The lowest BCUT2D eigenvalue weighted by atomic mass is 9.81. The first kappa shape index (κ1) is 68.0. The molecule has 2 amide bonds. The number of carbonyl (C=O) groups is 5. The zero-order valence-corrected chi connectivity index (χ0v) is 47.0. The van der Waals surface area contributed by atoms with E-state index in [2.05, 4.69) is 29.7 Å². The Morgan fingerprint density at radius 1 is 0.571 bits per heavy atom. The van der Waals surface area contributed by atoms with Crippen LogP contribution in [-0.4, -0.2) is 140 Å². The normalized spacial score (nSPS) is 33.3. The number of ketones is 2. The number of nitrogens with zero attached hydrogens (tertiary/aromatic N) is 6. The van der Waals surface area contributed by atoms with E-state index >= 15 is 0 Å². The van der Waals surface area contributed by atoms with Gasteiger partial charge >= 0.3 is 17.3 Å². The first-order valence-electron chi connectivity index (χ1n) is 26.6. The average molecular weight is 1200 g/mol. The molecule has 464 valence electrons. The van der Waals surface area contributed by atoms with Crippen molar-refractivity contribution in [3.8, 4) is 0 Å². The second-order valence-corrected chi connectivity index (χ2v) is 21.1. The van der Waals surface area contributed by atoms with E-state index in [1.807, 2.05) is 0 Å². The Kier molecular flexibility index (Phi) is 20.9. The van der Waals surface area contributed by atoms with E-state index in [0.717, 1.165) is 51.2 Å². The van der Waals surface area contributed by atoms with Gasteiger partial charge in [-0.2, -0.15) is 18.7 Å². The van der Waals surface area contributed by atoms with Crippen LogP contribution in [0.1, 0.15) is 112 Å². The zero-order valence-electron chi connectivity index (χ0n) is 47.0. The topological polar surface area (TPSA) is 291 Å². The van der Waals surface area contributed by atoms with Gasteiger partial charge in [0.25, 0.3) is 17.8 Å². The molecule has 6 N–H and O–H groups in total. The van der Waals surface area contributed by atoms with Gasteiger partial charge in [-0.15, -0.1) is 19.7 Å². The molecule has 29 heteroatoms. The van der Waals surface area contributed by atoms with E-state index in [9.17, 15) is 78.9 Å². The number of halogens is 8. The van der Waals surface area contributed by atoms with Gasteiger partial charge < -0.3 is 45.4 Å². The fourth-order valence-corrected chi connectivity index (χ4v) is 10.9. The molecule has 4 saturated heterocycles. The number of rotatable bonds is 16. The summed E-state index contributed by atoms with van der Waals surface area (Å²) in [6.07, 6.45) is 2.21. The number of aliphatic hydroxyl groups excluding tert-OH is 2. The highest BCUT2D eigenvalue weighted by molar-refractivity contribution is 6.07. The van der Waals surface area contributed by atoms with Crippen LogP contribution in [-0.2, 0) is 42.9 Å². The average Bonchev–Trinajstić information content (AvgIpc) is 1.83. The van der Waals surface area contributed by atoms with Crippen molar-refractivity contribution in [3.05, 3.63) is 108 Å². The fraction of sp³-hybridized carbons (Fsp3) is 0.582. The van der Waals surface area contributed by atoms with Crippen LogP contribution in [0.4, 0.5) is 46.8 Å². The van der Waals surface area contributed by atoms with Crippen molar-refractivity contribution in [1.82, 2.24) is 28.9 Å². The predicted molar refractivity (Wildman–Crippen MR) is 284 cm³/mol. The molecule has 8 rings (SSSR count). The summed E-state index contributed by atoms with van der Waals surface area (Å²) in [6, 6.07) is 2.45. The van der Waals surface area contributed by atoms with E-state index in [-0.39, 0.29) is 43.7 Å². The van der Waals surface area contributed by atoms with Gasteiger partial charge in [0.1, 0.15) is 23.5 Å². The van der Waals surface area contributed by atoms with Gasteiger partial charge in [-0.3, -0.25) is 38.1 Å². The summed E-state index contributed by atoms with van der Waals surface area (Å²) in [6.45, 7) is 19.1. The third kappa shape index (κ3) is 12.6. The number of amides is 2. The lowest BCUT2D eigenvalue weighted by Gasteiger charge is -2.32. The molecule has 8 heterocycles. The van der Waals surface area contributed by atoms with Crippen LogP contribution in [0.15, 0.2) is 96.6 Å². The van der Waals surface area contributed by atoms with Crippen LogP contribution >= 0.6 is 0 Å². The van der Waals surface area contributed by atoms with Gasteiger partial charge in [0.15, 0.2) is 17.7 Å². The molecular weight excluding hydrogens is 1130 g/mol. The van der Waals surface area contributed by atoms with E-state index in [0.29, 0.717) is 23.7 Å². The summed E-state index contributed by atoms with van der Waals surface area (Å²) in [4.78, 5) is 88.7. The SMILES string of the molecule is C=CC[C@]1(CC)O[C@@H](N2C=CC(=O)CC2=O)C(F)(F)[C@@H]1C.C=CC[C@]1(CC)O[C@@H](n2ccc(N)nc2=O)C(F)(F)[C@@H]1C.C=CC[C@]1(CO)O[C@@H](n2ccc(N)nc2=O)C(F)(F)[C@@H]1O.CC[C@@]1(CC=O)O[C@@H](N2C=CC(=O)CC2=O)C(F)(F)[C@@H]1C. The number of aliphatic hydroxyl groups is 2. The minimum Gasteiger partial charge on any atom is -0.393 e. The Hall–Kier alpha value is -6.79. The largest absolute Gasteiger partial charge is 0.393 e. The maximum absolute atomic E-state index is 14.6. The minimum atomic E-state index is -3.80. The molecule has 12 atom stereocenters. The number of aromatic nitrogens is 4. The molecule has 0 aliphatic carbocycles. The molecule has 0 spiro atoms. The summed E-state index contributed by atoms with van der Waals surface area (Å²) in [5.41, 5.74) is 3.45. The highest BCUT2D eigenvalue weighted by Crippen LogP contribution is 2.56. The van der Waals surface area contributed by atoms with Gasteiger partial charge in [0, 0.05) is 31.2 Å². The van der Waals surface area contributed by atoms with Crippen LogP contribution in [0.25, 0.3) is 0 Å². The van der Waals surface area contributed by atoms with Gasteiger partial charge in [-0.1, -0.05) is 59.8 Å². The smallest absolute Gasteiger partial charge is 0.351 e. The maximum Gasteiger partial charge on any atom is 0.351 e. The molecular formula is C55H70F8N8O13. The molecule has 0 saturated carbocycles. The van der Waals surface area contributed by atoms with E-state index in [1.54, 1.807) is 32.9 Å². The van der Waals surface area contributed by atoms with Gasteiger partial charge in [-0.05, 0) is 62.8 Å². The van der Waals surface area contributed by atoms with Crippen molar-refractivity contribution in [2.24, 2.45) is 17.8 Å². The summed E-state index contributed by atoms with van der Waals surface area (Å²) in [5, 5.41) is 19.2. The fourth-order valence-electron chi connectivity index (χ4n) is 10.9. The number of aldehydes is 1. The van der Waals surface area contributed by atoms with Crippen molar-refractivity contribution in [1.29, 1.82) is 0 Å². The number of ether oxygens (including phenoxy) is 4. The Morgan fingerprint density at radius 3 is 1.21 bits per heavy atom. The summed E-state index contributed by atoms with van der Waals surface area (Å²) in [7, 11) is 0. The molecule has 84 heavy (non-hydrogen) atoms. The van der Waals surface area contributed by atoms with Gasteiger partial charge in [0.05, 0.1) is 54.0 Å². The zero-order chi connectivity index (χ0) is 63.3. The summed E-state index contributed by atoms with van der Waals surface area (Å²) in [5.74, 6) is -19.2. The minimum absolute atomic E-state index is 0.0153. The number of nitrogens with two attached hydrogens (primary N) is 2. The Morgan fingerprint density at radius 2 is 0.893 bits per heavy atom. The number of hydrogen-bond acceptors (Lipinski definition) is 17. The third-order valence-electron chi connectivity index (χ3n) is 16.4. The van der Waals surface area contributed by atoms with Crippen molar-refractivity contribution in [2.75, 3.05) is 18.1 Å². The maximum atomic E-state index is 14.6. The molecule has 6 aliphatic heterocycles. The highest BCUT2D eigenvalue weighted by atomic mass is 19.3. The number of alkyl halides is 8. The molecule has 2 aromatic heterocycles. The molecule has 4 fully saturated rings. The molecule has 0 aromatic carbocycles. The number of allylic oxidation sites excluding steroid dienone is 2. The first-order valence-corrected chi connectivity index (χ1v) is 26.6. The molecule has 6 aliphatic rings. The Labute approximate surface area is 477 Å². The van der Waals surface area contributed by atoms with Crippen LogP contribution in [0.3, 0.4) is 0 Å². The van der Waals surface area contributed by atoms with E-state index < -0.39 is 149 Å². The third-order valence-corrected chi connectivity index (χ3v) is 16.4. The number of nitrogen functional groups attached to an aromatic ring is 2. The standard InChI is InChI=1S/C15H19F2NO3.C14H19F2N3O2.C14H17F2NO4.C12H15F2N3O4/c1-4-7-14(5-2)10(3)15(16,17)13(21-14)18-8-6-11(19)9-12(18)20;1-4-7-13(5-2)9(3)14(15,16)11(21-13)19-8-6-10(17)18-12(19)20;1-3-13(5-7-18)9(2)14(15,16)12(21-13)17-6-4-10(19)8-11(17)20;1-2-4-11(6-18)8(19)12(13,14)9(21-11)17-5-3-7(15)16-10(17)20/h4,6,8,10,13H,1,5,7,9H2,2-3H3;4,6,8-9,11H,1,5,7H2,2-3H3,(H2,17,18,20);4,6-7,9,12H,3,5,8H2,1-2H3;2-3,5,8-9,18-19H,1,4,6H2,(H2,15,16,20)/t10-,13-,14+;9-,11-,13+;9-,12-,13+;8-,9-,11-/m1111/s1. The van der Waals surface area contributed by atoms with Crippen LogP contribution in [0, 0.1) is 17.8 Å². The van der Waals surface area contributed by atoms with E-state index in [4.69, 9.17) is 30.4 Å². The van der Waals surface area contributed by atoms with Crippen molar-refractivity contribution >= 4 is 41.3 Å². The second-order valence-electron chi connectivity index (χ2n) is 21.1. The number of anilines is 2. The molecule has 21 nitrogen and oxygen atoms in total. The summed E-state index contributed by atoms with van der Waals surface area (Å²) >= 11 is 0. The van der Waals surface area contributed by atoms with Crippen LogP contribution in [0.5, 0.6) is 0 Å². The monoisotopic (exact) mass is 1200 g/mol. The Bertz CT molecular complexity index is 2800. The highest BCUT2D eigenvalue weighted by Gasteiger charge is 2.69. The van der Waals surface area contributed by atoms with Gasteiger partial charge in [0.2, 0.25) is 36.7 Å². The van der Waals surface area contributed by atoms with Gasteiger partial charge in [-0.25, -0.2) is 35.9 Å². The second kappa shape index (κ2) is 25.8. The predicted octanol–water partition coefficient (Wildman–Crippen LogP) is 6.33. The number of hydrogen-bond donors (Lipinski definition) is 4. The Balaban J connectivity index is 0.000000205.